The number of anilines is 2. The summed E-state index contributed by atoms with van der Waals surface area (Å²) in [6, 6.07) is 5.58. The van der Waals surface area contributed by atoms with Crippen molar-refractivity contribution >= 4 is 17.3 Å². The van der Waals surface area contributed by atoms with Crippen LogP contribution in [-0.2, 0) is 11.3 Å². The molecule has 21 heavy (non-hydrogen) atoms. The number of ether oxygens (including phenoxy) is 1. The predicted octanol–water partition coefficient (Wildman–Crippen LogP) is 2.68. The van der Waals surface area contributed by atoms with Crippen LogP contribution in [0.2, 0.25) is 0 Å². The summed E-state index contributed by atoms with van der Waals surface area (Å²) in [6.45, 7) is 4.53. The molecule has 3 N–H and O–H groups in total. The molecular formula is C16H19N3O2. The van der Waals surface area contributed by atoms with Crippen molar-refractivity contribution in [2.24, 2.45) is 0 Å². The lowest BCUT2D eigenvalue weighted by Gasteiger charge is -2.13. The van der Waals surface area contributed by atoms with Crippen molar-refractivity contribution in [1.82, 2.24) is 4.98 Å². The van der Waals surface area contributed by atoms with Crippen LogP contribution in [0.1, 0.15) is 27.0 Å². The average Bonchev–Trinajstić information content (AvgIpc) is 2.48. The molecule has 0 aliphatic heterocycles. The number of methoxy groups -OCH3 is 1. The van der Waals surface area contributed by atoms with Gasteiger partial charge in [0.05, 0.1) is 12.7 Å². The smallest absolute Gasteiger partial charge is 0.340 e. The molecule has 0 spiro atoms. The Morgan fingerprint density at radius 3 is 2.76 bits per heavy atom. The Balaban J connectivity index is 2.23. The highest BCUT2D eigenvalue weighted by Gasteiger charge is 2.13. The molecule has 2 rings (SSSR count). The van der Waals surface area contributed by atoms with Crippen LogP contribution in [0.4, 0.5) is 11.4 Å². The first-order valence-corrected chi connectivity index (χ1v) is 6.64. The first kappa shape index (κ1) is 14.8. The summed E-state index contributed by atoms with van der Waals surface area (Å²) >= 11 is 0. The molecule has 110 valence electrons. The van der Waals surface area contributed by atoms with Crippen molar-refractivity contribution < 1.29 is 9.53 Å². The van der Waals surface area contributed by atoms with Crippen molar-refractivity contribution in [2.75, 3.05) is 18.2 Å². The van der Waals surface area contributed by atoms with Crippen LogP contribution in [-0.4, -0.2) is 18.1 Å². The van der Waals surface area contributed by atoms with E-state index in [-0.39, 0.29) is 0 Å². The number of aromatic nitrogens is 1. The van der Waals surface area contributed by atoms with Crippen molar-refractivity contribution in [3.05, 3.63) is 52.8 Å². The van der Waals surface area contributed by atoms with Crippen LogP contribution in [0.5, 0.6) is 0 Å². The van der Waals surface area contributed by atoms with Crippen LogP contribution >= 0.6 is 0 Å². The summed E-state index contributed by atoms with van der Waals surface area (Å²) in [5.41, 5.74) is 10.7. The van der Waals surface area contributed by atoms with E-state index in [1.54, 1.807) is 12.3 Å². The fourth-order valence-electron chi connectivity index (χ4n) is 2.06. The van der Waals surface area contributed by atoms with Crippen LogP contribution in [0, 0.1) is 13.8 Å². The van der Waals surface area contributed by atoms with Gasteiger partial charge in [-0.05, 0) is 48.7 Å². The zero-order chi connectivity index (χ0) is 15.4. The number of nitrogen functional groups attached to an aromatic ring is 1. The maximum Gasteiger partial charge on any atom is 0.340 e. The Morgan fingerprint density at radius 2 is 2.10 bits per heavy atom. The van der Waals surface area contributed by atoms with Crippen molar-refractivity contribution in [2.45, 2.75) is 20.4 Å². The number of aryl methyl sites for hydroxylation is 2. The van der Waals surface area contributed by atoms with Gasteiger partial charge in [-0.1, -0.05) is 0 Å². The molecule has 0 saturated carbocycles. The molecule has 0 bridgehead atoms. The number of esters is 1. The van der Waals surface area contributed by atoms with Crippen LogP contribution in [0.3, 0.4) is 0 Å². The van der Waals surface area contributed by atoms with Gasteiger partial charge < -0.3 is 15.8 Å². The third-order valence-electron chi connectivity index (χ3n) is 3.42. The molecule has 1 aromatic carbocycles. The van der Waals surface area contributed by atoms with E-state index in [4.69, 9.17) is 10.5 Å². The lowest BCUT2D eigenvalue weighted by Crippen LogP contribution is -2.09. The zero-order valence-corrected chi connectivity index (χ0v) is 12.4. The Hall–Kier alpha value is -2.56. The normalized spacial score (nSPS) is 10.2. The third-order valence-corrected chi connectivity index (χ3v) is 3.42. The highest BCUT2D eigenvalue weighted by atomic mass is 16.5. The average molecular weight is 285 g/mol. The van der Waals surface area contributed by atoms with Gasteiger partial charge in [-0.2, -0.15) is 0 Å². The number of nitrogens with one attached hydrogen (secondary N) is 1. The minimum absolute atomic E-state index is 0.378. The van der Waals surface area contributed by atoms with Gasteiger partial charge in [0, 0.05) is 30.3 Å². The molecule has 0 atom stereocenters. The Morgan fingerprint density at radius 1 is 1.33 bits per heavy atom. The molecule has 0 unspecified atom stereocenters. The fraction of sp³-hybridized carbons (Fsp3) is 0.250. The van der Waals surface area contributed by atoms with Gasteiger partial charge in [-0.3, -0.25) is 4.98 Å². The quantitative estimate of drug-likeness (QED) is 0.667. The van der Waals surface area contributed by atoms with E-state index < -0.39 is 5.97 Å². The van der Waals surface area contributed by atoms with Gasteiger partial charge in [-0.25, -0.2) is 4.79 Å². The summed E-state index contributed by atoms with van der Waals surface area (Å²) in [6.07, 6.45) is 3.59. The molecule has 0 aliphatic carbocycles. The minimum Gasteiger partial charge on any atom is -0.465 e. The Bertz CT molecular complexity index is 669. The van der Waals surface area contributed by atoms with Crippen LogP contribution in [0.25, 0.3) is 0 Å². The van der Waals surface area contributed by atoms with Gasteiger partial charge >= 0.3 is 5.97 Å². The lowest BCUT2D eigenvalue weighted by atomic mass is 10.1. The molecule has 0 saturated heterocycles. The van der Waals surface area contributed by atoms with E-state index in [9.17, 15) is 4.79 Å². The standard InChI is InChI=1S/C16H19N3O2/c1-10-4-5-18-8-12(10)9-19-13-6-11(2)15(17)14(7-13)16(20)21-3/h4-8,19H,9,17H2,1-3H3. The summed E-state index contributed by atoms with van der Waals surface area (Å²) in [7, 11) is 1.34. The van der Waals surface area contributed by atoms with Gasteiger partial charge in [0.15, 0.2) is 0 Å². The fourth-order valence-corrected chi connectivity index (χ4v) is 2.06. The predicted molar refractivity (Wildman–Crippen MR) is 83.2 cm³/mol. The number of hydrogen-bond donors (Lipinski definition) is 2. The Labute approximate surface area is 124 Å². The lowest BCUT2D eigenvalue weighted by molar-refractivity contribution is 0.0602. The number of benzene rings is 1. The second-order valence-corrected chi connectivity index (χ2v) is 4.90. The molecular weight excluding hydrogens is 266 g/mol. The van der Waals surface area contributed by atoms with Crippen molar-refractivity contribution in [3.63, 3.8) is 0 Å². The second-order valence-electron chi connectivity index (χ2n) is 4.90. The van der Waals surface area contributed by atoms with Gasteiger partial charge in [-0.15, -0.1) is 0 Å². The maximum absolute atomic E-state index is 11.7. The zero-order valence-electron chi connectivity index (χ0n) is 12.4. The first-order valence-electron chi connectivity index (χ1n) is 6.64. The monoisotopic (exact) mass is 285 g/mol. The summed E-state index contributed by atoms with van der Waals surface area (Å²) < 4.78 is 4.75. The van der Waals surface area contributed by atoms with Crippen LogP contribution < -0.4 is 11.1 Å². The topological polar surface area (TPSA) is 77.2 Å². The molecule has 0 amide bonds. The summed E-state index contributed by atoms with van der Waals surface area (Å²) in [5.74, 6) is -0.434. The van der Waals surface area contributed by atoms with E-state index in [1.165, 1.54) is 7.11 Å². The molecule has 1 aromatic heterocycles. The number of nitrogens with two attached hydrogens (primary N) is 1. The molecule has 2 aromatic rings. The molecule has 1 heterocycles. The number of nitrogens with zero attached hydrogens (tertiary/aromatic N) is 1. The number of carbonyl (C=O) groups is 1. The minimum atomic E-state index is -0.434. The van der Waals surface area contributed by atoms with Crippen LogP contribution in [0.15, 0.2) is 30.6 Å². The Kier molecular flexibility index (Phi) is 4.42. The number of carbonyl (C=O) groups excluding carboxylic acids is 1. The highest BCUT2D eigenvalue weighted by Crippen LogP contribution is 2.24. The van der Waals surface area contributed by atoms with Gasteiger partial charge in [0.2, 0.25) is 0 Å². The maximum atomic E-state index is 11.7. The van der Waals surface area contributed by atoms with E-state index in [0.29, 0.717) is 17.8 Å². The van der Waals surface area contributed by atoms with Gasteiger partial charge in [0.25, 0.3) is 0 Å². The van der Waals surface area contributed by atoms with Crippen molar-refractivity contribution in [3.8, 4) is 0 Å². The third kappa shape index (κ3) is 3.31. The van der Waals surface area contributed by atoms with E-state index >= 15 is 0 Å². The van der Waals surface area contributed by atoms with E-state index in [1.807, 2.05) is 32.2 Å². The molecule has 0 radical (unpaired) electrons. The largest absolute Gasteiger partial charge is 0.465 e. The first-order chi connectivity index (χ1) is 10.0. The summed E-state index contributed by atoms with van der Waals surface area (Å²) in [5, 5.41) is 3.29. The van der Waals surface area contributed by atoms with Crippen molar-refractivity contribution in [1.29, 1.82) is 0 Å². The number of pyridine rings is 1. The molecule has 5 nitrogen and oxygen atoms in total. The van der Waals surface area contributed by atoms with E-state index in [0.717, 1.165) is 22.4 Å². The molecule has 0 fully saturated rings. The number of hydrogen-bond acceptors (Lipinski definition) is 5. The van der Waals surface area contributed by atoms with Gasteiger partial charge in [0.1, 0.15) is 0 Å². The summed E-state index contributed by atoms with van der Waals surface area (Å²) in [4.78, 5) is 15.8. The molecule has 0 aliphatic rings. The second kappa shape index (κ2) is 6.26. The number of rotatable bonds is 4. The van der Waals surface area contributed by atoms with E-state index in [2.05, 4.69) is 10.3 Å². The molecule has 5 heteroatoms. The highest BCUT2D eigenvalue weighted by molar-refractivity contribution is 5.97. The SMILES string of the molecule is COC(=O)c1cc(NCc2cnccc2C)cc(C)c1N.